The molecule has 8 heteroatoms. The quantitative estimate of drug-likeness (QED) is 0.176. The fourth-order valence-electron chi connectivity index (χ4n) is 6.19. The molecule has 230 valence electrons. The van der Waals surface area contributed by atoms with Gasteiger partial charge in [0.2, 0.25) is 0 Å². The molecule has 0 fully saturated rings. The maximum absolute atomic E-state index is 12.1. The number of sulfone groups is 1. The van der Waals surface area contributed by atoms with Gasteiger partial charge >= 0.3 is 0 Å². The van der Waals surface area contributed by atoms with E-state index in [1.165, 1.54) is 11.8 Å². The summed E-state index contributed by atoms with van der Waals surface area (Å²) in [5.74, 6) is 2.66. The van der Waals surface area contributed by atoms with Crippen LogP contribution in [0.5, 0.6) is 11.5 Å². The Morgan fingerprint density at radius 1 is 0.783 bits per heavy atom. The summed E-state index contributed by atoms with van der Waals surface area (Å²) in [7, 11) is -3.30. The third kappa shape index (κ3) is 5.35. The van der Waals surface area contributed by atoms with E-state index in [4.69, 9.17) is 9.72 Å². The maximum Gasteiger partial charge on any atom is 0.175 e. The third-order valence-corrected chi connectivity index (χ3v) is 9.53. The fraction of sp³-hybridized carbons (Fsp3) is 0.158. The van der Waals surface area contributed by atoms with Crippen LogP contribution in [0.3, 0.4) is 0 Å². The van der Waals surface area contributed by atoms with Gasteiger partial charge in [0, 0.05) is 47.1 Å². The zero-order valence-electron chi connectivity index (χ0n) is 26.4. The number of aromatic nitrogens is 4. The van der Waals surface area contributed by atoms with Gasteiger partial charge in [0.1, 0.15) is 17.3 Å². The molecule has 3 heterocycles. The van der Waals surface area contributed by atoms with Crippen molar-refractivity contribution in [1.29, 1.82) is 0 Å². The van der Waals surface area contributed by atoms with Gasteiger partial charge in [0.25, 0.3) is 0 Å². The van der Waals surface area contributed by atoms with Crippen molar-refractivity contribution in [2.45, 2.75) is 38.5 Å². The van der Waals surface area contributed by atoms with E-state index in [0.717, 1.165) is 55.6 Å². The van der Waals surface area contributed by atoms with Gasteiger partial charge in [-0.1, -0.05) is 38.1 Å². The Balaban J connectivity index is 1.23. The van der Waals surface area contributed by atoms with Crippen LogP contribution >= 0.6 is 0 Å². The number of hydrogen-bond acceptors (Lipinski definition) is 5. The van der Waals surface area contributed by atoms with Crippen molar-refractivity contribution in [3.05, 3.63) is 126 Å². The highest BCUT2D eigenvalue weighted by atomic mass is 32.2. The highest BCUT2D eigenvalue weighted by Crippen LogP contribution is 2.36. The molecule has 0 amide bonds. The van der Waals surface area contributed by atoms with Crippen molar-refractivity contribution >= 4 is 31.6 Å². The van der Waals surface area contributed by atoms with E-state index >= 15 is 0 Å². The van der Waals surface area contributed by atoms with E-state index in [9.17, 15) is 8.42 Å². The van der Waals surface area contributed by atoms with Crippen LogP contribution in [-0.4, -0.2) is 34.0 Å². The van der Waals surface area contributed by atoms with Crippen molar-refractivity contribution < 1.29 is 13.2 Å². The Labute approximate surface area is 268 Å². The summed E-state index contributed by atoms with van der Waals surface area (Å²) in [5, 5.41) is 6.92. The van der Waals surface area contributed by atoms with Crippen LogP contribution in [0.15, 0.2) is 114 Å². The lowest BCUT2D eigenvalue weighted by Gasteiger charge is -2.12. The smallest absolute Gasteiger partial charge is 0.175 e. The minimum absolute atomic E-state index is 0.322. The molecular weight excluding hydrogens is 593 g/mol. The molecular formula is C38H34N4O3S. The molecule has 46 heavy (non-hydrogen) atoms. The fourth-order valence-corrected chi connectivity index (χ4v) is 6.97. The lowest BCUT2D eigenvalue weighted by molar-refractivity contribution is 0.483. The van der Waals surface area contributed by atoms with Crippen molar-refractivity contribution in [2.75, 3.05) is 6.26 Å². The predicted molar refractivity (Wildman–Crippen MR) is 184 cm³/mol. The first-order chi connectivity index (χ1) is 22.1. The van der Waals surface area contributed by atoms with E-state index in [1.807, 2.05) is 56.6 Å². The number of benzene rings is 4. The molecule has 0 atom stereocenters. The normalized spacial score (nSPS) is 12.0. The van der Waals surface area contributed by atoms with Crippen LogP contribution in [0.4, 0.5) is 0 Å². The monoisotopic (exact) mass is 626 g/mol. The number of nitrogens with zero attached hydrogens (tertiary/aromatic N) is 4. The zero-order chi connectivity index (χ0) is 32.2. The van der Waals surface area contributed by atoms with Crippen LogP contribution in [0, 0.1) is 13.8 Å². The molecule has 3 aromatic heterocycles. The SMILES string of the molecule is Cc1cc(S(C)(=O)=O)cc(C)c1-c1cnn(-c2cccc(Oc3ccc4c5ccccc5n(-c5cc(C(C)C)ccn5)c4c3)c2)c1. The summed E-state index contributed by atoms with van der Waals surface area (Å²) >= 11 is 0. The van der Waals surface area contributed by atoms with E-state index in [0.29, 0.717) is 22.3 Å². The van der Waals surface area contributed by atoms with Crippen molar-refractivity contribution in [1.82, 2.24) is 19.3 Å². The molecule has 0 spiro atoms. The lowest BCUT2D eigenvalue weighted by Crippen LogP contribution is -2.00. The van der Waals surface area contributed by atoms with Gasteiger partial charge in [0.05, 0.1) is 27.8 Å². The van der Waals surface area contributed by atoms with E-state index in [1.54, 1.807) is 23.0 Å². The summed E-state index contributed by atoms with van der Waals surface area (Å²) in [6.45, 7) is 8.23. The number of hydrogen-bond donors (Lipinski definition) is 0. The predicted octanol–water partition coefficient (Wildman–Crippen LogP) is 8.97. The second kappa shape index (κ2) is 11.3. The minimum atomic E-state index is -3.30. The topological polar surface area (TPSA) is 79.0 Å². The van der Waals surface area contributed by atoms with E-state index in [-0.39, 0.29) is 0 Å². The van der Waals surface area contributed by atoms with Gasteiger partial charge in [-0.3, -0.25) is 4.57 Å². The molecule has 7 aromatic rings. The molecule has 0 aliphatic carbocycles. The number of pyridine rings is 1. The Bertz CT molecular complexity index is 2360. The zero-order valence-corrected chi connectivity index (χ0v) is 27.2. The van der Waals surface area contributed by atoms with Gasteiger partial charge < -0.3 is 4.74 Å². The van der Waals surface area contributed by atoms with Crippen LogP contribution in [0.1, 0.15) is 36.5 Å². The van der Waals surface area contributed by atoms with Gasteiger partial charge in [-0.2, -0.15) is 5.10 Å². The van der Waals surface area contributed by atoms with Gasteiger partial charge in [-0.05, 0) is 96.6 Å². The lowest BCUT2D eigenvalue weighted by atomic mass is 9.98. The van der Waals surface area contributed by atoms with Crippen LogP contribution in [0.25, 0.3) is 44.4 Å². The third-order valence-electron chi connectivity index (χ3n) is 8.43. The minimum Gasteiger partial charge on any atom is -0.457 e. The molecule has 0 saturated carbocycles. The Hall–Kier alpha value is -5.21. The molecule has 7 nitrogen and oxygen atoms in total. The molecule has 0 radical (unpaired) electrons. The van der Waals surface area contributed by atoms with Crippen LogP contribution < -0.4 is 4.74 Å². The molecule has 0 aliphatic heterocycles. The van der Waals surface area contributed by atoms with Crippen LogP contribution in [-0.2, 0) is 9.84 Å². The molecule has 0 saturated heterocycles. The van der Waals surface area contributed by atoms with Gasteiger partial charge in [-0.15, -0.1) is 0 Å². The second-order valence-corrected chi connectivity index (χ2v) is 14.1. The highest BCUT2D eigenvalue weighted by Gasteiger charge is 2.17. The average Bonchev–Trinajstić information content (AvgIpc) is 3.63. The van der Waals surface area contributed by atoms with Crippen molar-refractivity contribution in [3.63, 3.8) is 0 Å². The standard InChI is InChI=1S/C38H34N4O3S/c1-24(2)27-15-16-39-37(19-27)42-35-12-7-6-11-33(35)34-14-13-31(21-36(34)42)45-30-10-8-9-29(20-30)41-23-28(22-40-41)38-25(3)17-32(18-26(38)4)46(5,43)44/h6-24H,1-5H3. The summed E-state index contributed by atoms with van der Waals surface area (Å²) < 4.78 is 34.7. The van der Waals surface area contributed by atoms with Crippen LogP contribution in [0.2, 0.25) is 0 Å². The van der Waals surface area contributed by atoms with E-state index < -0.39 is 9.84 Å². The Kier molecular flexibility index (Phi) is 7.25. The molecule has 0 aliphatic rings. The first kappa shape index (κ1) is 29.5. The number of ether oxygens (including phenoxy) is 1. The molecule has 0 bridgehead atoms. The van der Waals surface area contributed by atoms with Crippen molar-refractivity contribution in [3.8, 4) is 34.1 Å². The second-order valence-electron chi connectivity index (χ2n) is 12.1. The van der Waals surface area contributed by atoms with E-state index in [2.05, 4.69) is 72.0 Å². The first-order valence-corrected chi connectivity index (χ1v) is 17.1. The Morgan fingerprint density at radius 2 is 1.52 bits per heavy atom. The number of para-hydroxylation sites is 1. The summed E-state index contributed by atoms with van der Waals surface area (Å²) in [5.41, 5.74) is 7.85. The van der Waals surface area contributed by atoms with Gasteiger partial charge in [0.15, 0.2) is 9.84 Å². The average molecular weight is 627 g/mol. The number of aryl methyl sites for hydroxylation is 2. The first-order valence-electron chi connectivity index (χ1n) is 15.2. The highest BCUT2D eigenvalue weighted by molar-refractivity contribution is 7.90. The number of rotatable bonds is 7. The summed E-state index contributed by atoms with van der Waals surface area (Å²) in [6, 6.07) is 30.1. The summed E-state index contributed by atoms with van der Waals surface area (Å²) in [4.78, 5) is 5.08. The largest absolute Gasteiger partial charge is 0.457 e. The molecule has 0 N–H and O–H groups in total. The maximum atomic E-state index is 12.1. The molecule has 4 aromatic carbocycles. The Morgan fingerprint density at radius 3 is 2.28 bits per heavy atom. The molecule has 0 unspecified atom stereocenters. The molecule has 7 rings (SSSR count). The van der Waals surface area contributed by atoms with Gasteiger partial charge in [-0.25, -0.2) is 18.1 Å². The summed E-state index contributed by atoms with van der Waals surface area (Å²) in [6.07, 6.45) is 6.87. The number of fused-ring (bicyclic) bond motifs is 3. The van der Waals surface area contributed by atoms with Crippen molar-refractivity contribution in [2.24, 2.45) is 0 Å².